The van der Waals surface area contributed by atoms with Crippen molar-refractivity contribution in [2.24, 2.45) is 0 Å². The number of rotatable bonds is 4. The van der Waals surface area contributed by atoms with E-state index < -0.39 is 12.0 Å². The highest BCUT2D eigenvalue weighted by Gasteiger charge is 2.36. The molecule has 0 aromatic heterocycles. The van der Waals surface area contributed by atoms with Gasteiger partial charge in [0.2, 0.25) is 0 Å². The van der Waals surface area contributed by atoms with Crippen molar-refractivity contribution >= 4 is 5.97 Å². The van der Waals surface area contributed by atoms with Gasteiger partial charge in [-0.15, -0.1) is 0 Å². The number of aryl methyl sites for hydroxylation is 1. The normalized spacial score (nSPS) is 19.7. The van der Waals surface area contributed by atoms with E-state index in [2.05, 4.69) is 6.07 Å². The third-order valence-electron chi connectivity index (χ3n) is 4.45. The van der Waals surface area contributed by atoms with Crippen molar-refractivity contribution in [1.29, 1.82) is 0 Å². The molecule has 0 amide bonds. The highest BCUT2D eigenvalue weighted by molar-refractivity contribution is 5.74. The van der Waals surface area contributed by atoms with Gasteiger partial charge in [-0.05, 0) is 43.0 Å². The number of halogens is 1. The van der Waals surface area contributed by atoms with Gasteiger partial charge in [-0.1, -0.05) is 42.0 Å². The Morgan fingerprint density at radius 1 is 1.22 bits per heavy atom. The average Bonchev–Trinajstić information content (AvgIpc) is 2.99. The summed E-state index contributed by atoms with van der Waals surface area (Å²) >= 11 is 0. The predicted octanol–water partition coefficient (Wildman–Crippen LogP) is 3.77. The molecular weight excluding hydrogens is 293 g/mol. The molecule has 1 aliphatic heterocycles. The topological polar surface area (TPSA) is 40.5 Å². The fourth-order valence-corrected chi connectivity index (χ4v) is 3.42. The Hall–Kier alpha value is -2.20. The van der Waals surface area contributed by atoms with Crippen LogP contribution in [0.15, 0.2) is 48.5 Å². The van der Waals surface area contributed by atoms with Crippen molar-refractivity contribution in [3.05, 3.63) is 71.0 Å². The van der Waals surface area contributed by atoms with Crippen molar-refractivity contribution in [2.45, 2.75) is 31.8 Å². The molecule has 0 bridgehead atoms. The first-order valence-corrected chi connectivity index (χ1v) is 7.87. The molecular formula is C19H20FNO2. The summed E-state index contributed by atoms with van der Waals surface area (Å²) in [7, 11) is 0. The van der Waals surface area contributed by atoms with Crippen LogP contribution in [0.1, 0.15) is 35.6 Å². The molecule has 120 valence electrons. The van der Waals surface area contributed by atoms with E-state index in [4.69, 9.17) is 0 Å². The minimum atomic E-state index is -0.790. The molecule has 2 aromatic carbocycles. The van der Waals surface area contributed by atoms with Gasteiger partial charge in [0.25, 0.3) is 0 Å². The van der Waals surface area contributed by atoms with Gasteiger partial charge in [0.15, 0.2) is 0 Å². The molecule has 2 atom stereocenters. The molecule has 23 heavy (non-hydrogen) atoms. The zero-order valence-electron chi connectivity index (χ0n) is 13.1. The molecule has 0 radical (unpaired) electrons. The van der Waals surface area contributed by atoms with Crippen LogP contribution in [0.4, 0.5) is 4.39 Å². The second-order valence-electron chi connectivity index (χ2n) is 6.10. The number of nitrogens with zero attached hydrogens (tertiary/aromatic N) is 1. The van der Waals surface area contributed by atoms with Crippen LogP contribution in [-0.4, -0.2) is 28.6 Å². The van der Waals surface area contributed by atoms with Gasteiger partial charge in [-0.3, -0.25) is 9.69 Å². The smallest absolute Gasteiger partial charge is 0.320 e. The van der Waals surface area contributed by atoms with Crippen molar-refractivity contribution in [3.8, 4) is 0 Å². The van der Waals surface area contributed by atoms with Crippen molar-refractivity contribution in [3.63, 3.8) is 0 Å². The largest absolute Gasteiger partial charge is 0.480 e. The van der Waals surface area contributed by atoms with Gasteiger partial charge in [-0.25, -0.2) is 4.39 Å². The Balaban J connectivity index is 2.06. The monoisotopic (exact) mass is 313 g/mol. The molecule has 1 N–H and O–H groups in total. The number of carboxylic acids is 1. The lowest BCUT2D eigenvalue weighted by Crippen LogP contribution is -2.39. The first-order chi connectivity index (χ1) is 11.1. The Morgan fingerprint density at radius 2 is 1.96 bits per heavy atom. The van der Waals surface area contributed by atoms with Gasteiger partial charge in [0.1, 0.15) is 11.9 Å². The number of hydrogen-bond donors (Lipinski definition) is 1. The van der Waals surface area contributed by atoms with E-state index >= 15 is 0 Å². The summed E-state index contributed by atoms with van der Waals surface area (Å²) in [6.07, 6.45) is 1.51. The SMILES string of the molecule is Cc1cccc(C(c2ccc(F)cc2)N2CCCC2C(=O)O)c1. The summed E-state index contributed by atoms with van der Waals surface area (Å²) in [5.74, 6) is -1.07. The number of hydrogen-bond acceptors (Lipinski definition) is 2. The average molecular weight is 313 g/mol. The quantitative estimate of drug-likeness (QED) is 0.934. The lowest BCUT2D eigenvalue weighted by Gasteiger charge is -2.32. The summed E-state index contributed by atoms with van der Waals surface area (Å²) in [4.78, 5) is 13.6. The molecule has 3 nitrogen and oxygen atoms in total. The number of benzene rings is 2. The Kier molecular flexibility index (Phi) is 4.44. The fraction of sp³-hybridized carbons (Fsp3) is 0.316. The van der Waals surface area contributed by atoms with E-state index in [1.54, 1.807) is 12.1 Å². The number of carbonyl (C=O) groups is 1. The van der Waals surface area contributed by atoms with E-state index in [-0.39, 0.29) is 11.9 Å². The van der Waals surface area contributed by atoms with Crippen LogP contribution in [-0.2, 0) is 4.79 Å². The van der Waals surface area contributed by atoms with Crippen molar-refractivity contribution in [2.75, 3.05) is 6.54 Å². The molecule has 0 spiro atoms. The molecule has 1 saturated heterocycles. The third-order valence-corrected chi connectivity index (χ3v) is 4.45. The highest BCUT2D eigenvalue weighted by Crippen LogP contribution is 2.35. The van der Waals surface area contributed by atoms with Gasteiger partial charge in [-0.2, -0.15) is 0 Å². The van der Waals surface area contributed by atoms with Gasteiger partial charge < -0.3 is 5.11 Å². The molecule has 1 heterocycles. The maximum Gasteiger partial charge on any atom is 0.320 e. The minimum absolute atomic E-state index is 0.168. The second-order valence-corrected chi connectivity index (χ2v) is 6.10. The standard InChI is InChI=1S/C19H20FNO2/c1-13-4-2-5-15(12-13)18(14-7-9-16(20)10-8-14)21-11-3-6-17(21)19(22)23/h2,4-5,7-10,12,17-18H,3,6,11H2,1H3,(H,22,23). The molecule has 3 rings (SSSR count). The van der Waals surface area contributed by atoms with Crippen molar-refractivity contribution in [1.82, 2.24) is 4.90 Å². The zero-order chi connectivity index (χ0) is 16.4. The van der Waals surface area contributed by atoms with Crippen molar-refractivity contribution < 1.29 is 14.3 Å². The minimum Gasteiger partial charge on any atom is -0.480 e. The van der Waals surface area contributed by atoms with Crippen LogP contribution >= 0.6 is 0 Å². The summed E-state index contributed by atoms with van der Waals surface area (Å²) < 4.78 is 13.3. The lowest BCUT2D eigenvalue weighted by atomic mass is 9.95. The number of carboxylic acid groups (broad SMARTS) is 1. The van der Waals surface area contributed by atoms with Gasteiger partial charge in [0, 0.05) is 6.54 Å². The van der Waals surface area contributed by atoms with E-state index in [0.717, 1.165) is 29.7 Å². The van der Waals surface area contributed by atoms with Crippen LogP contribution in [0.2, 0.25) is 0 Å². The van der Waals surface area contributed by atoms with E-state index in [1.165, 1.54) is 12.1 Å². The summed E-state index contributed by atoms with van der Waals surface area (Å²) in [6.45, 7) is 2.75. The molecule has 0 saturated carbocycles. The van der Waals surface area contributed by atoms with E-state index in [0.29, 0.717) is 6.42 Å². The number of likely N-dealkylation sites (tertiary alicyclic amines) is 1. The van der Waals surface area contributed by atoms with Crippen LogP contribution in [0, 0.1) is 12.7 Å². The van der Waals surface area contributed by atoms with E-state index in [1.807, 2.05) is 30.0 Å². The lowest BCUT2D eigenvalue weighted by molar-refractivity contribution is -0.142. The molecule has 2 aromatic rings. The molecule has 1 fully saturated rings. The first kappa shape index (κ1) is 15.7. The highest BCUT2D eigenvalue weighted by atomic mass is 19.1. The van der Waals surface area contributed by atoms with Gasteiger partial charge in [0.05, 0.1) is 6.04 Å². The molecule has 0 aliphatic carbocycles. The molecule has 1 aliphatic rings. The second kappa shape index (κ2) is 6.50. The number of aliphatic carboxylic acids is 1. The third kappa shape index (κ3) is 3.27. The van der Waals surface area contributed by atoms with Crippen LogP contribution in [0.5, 0.6) is 0 Å². The molecule has 4 heteroatoms. The van der Waals surface area contributed by atoms with Crippen LogP contribution in [0.3, 0.4) is 0 Å². The molecule has 2 unspecified atom stereocenters. The predicted molar refractivity (Wildman–Crippen MR) is 86.8 cm³/mol. The zero-order valence-corrected chi connectivity index (χ0v) is 13.1. The van der Waals surface area contributed by atoms with Gasteiger partial charge >= 0.3 is 5.97 Å². The summed E-state index contributed by atoms with van der Waals surface area (Å²) in [6, 6.07) is 13.8. The maximum absolute atomic E-state index is 13.3. The summed E-state index contributed by atoms with van der Waals surface area (Å²) in [5.41, 5.74) is 3.09. The Morgan fingerprint density at radius 3 is 2.61 bits per heavy atom. The van der Waals surface area contributed by atoms with E-state index in [9.17, 15) is 14.3 Å². The van der Waals surface area contributed by atoms with Crippen LogP contribution < -0.4 is 0 Å². The van der Waals surface area contributed by atoms with Crippen LogP contribution in [0.25, 0.3) is 0 Å². The first-order valence-electron chi connectivity index (χ1n) is 7.87. The summed E-state index contributed by atoms with van der Waals surface area (Å²) in [5, 5.41) is 9.52. The Labute approximate surface area is 135 Å². The maximum atomic E-state index is 13.3. The Bertz CT molecular complexity index is 699. The fourth-order valence-electron chi connectivity index (χ4n) is 3.42.